The molecule has 0 bridgehead atoms. The van der Waals surface area contributed by atoms with Gasteiger partial charge in [-0.05, 0) is 43.0 Å². The van der Waals surface area contributed by atoms with Crippen LogP contribution in [0, 0.1) is 13.8 Å². The Balaban J connectivity index is 1.62. The first-order valence-electron chi connectivity index (χ1n) is 9.86. The second-order valence-corrected chi connectivity index (χ2v) is 7.63. The Morgan fingerprint density at radius 2 is 1.93 bits per heavy atom. The zero-order valence-electron chi connectivity index (χ0n) is 16.5. The Morgan fingerprint density at radius 1 is 1.14 bits per heavy atom. The van der Waals surface area contributed by atoms with Gasteiger partial charge in [-0.2, -0.15) is 0 Å². The molecular formula is C23H22N4O2. The summed E-state index contributed by atoms with van der Waals surface area (Å²) in [7, 11) is 0. The molecule has 1 unspecified atom stereocenters. The second kappa shape index (κ2) is 6.88. The lowest BCUT2D eigenvalue weighted by Gasteiger charge is -2.37. The number of H-pyrrole nitrogens is 1. The van der Waals surface area contributed by atoms with Gasteiger partial charge in [-0.25, -0.2) is 4.63 Å². The van der Waals surface area contributed by atoms with Gasteiger partial charge in [-0.3, -0.25) is 4.79 Å². The van der Waals surface area contributed by atoms with E-state index >= 15 is 0 Å². The van der Waals surface area contributed by atoms with E-state index in [9.17, 15) is 4.79 Å². The second-order valence-electron chi connectivity index (χ2n) is 7.63. The van der Waals surface area contributed by atoms with Crippen molar-refractivity contribution < 1.29 is 9.42 Å². The van der Waals surface area contributed by atoms with Crippen LogP contribution in [0.2, 0.25) is 0 Å². The average Bonchev–Trinajstić information content (AvgIpc) is 3.31. The number of rotatable bonds is 3. The molecule has 0 saturated heterocycles. The molecule has 6 heteroatoms. The topological polar surface area (TPSA) is 75.0 Å². The average molecular weight is 386 g/mol. The van der Waals surface area contributed by atoms with Gasteiger partial charge in [0.2, 0.25) is 5.91 Å². The molecule has 5 rings (SSSR count). The number of aromatic amines is 1. The van der Waals surface area contributed by atoms with Crippen molar-refractivity contribution in [2.24, 2.45) is 0 Å². The quantitative estimate of drug-likeness (QED) is 0.580. The minimum Gasteiger partial charge on any atom is -0.356 e. The predicted molar refractivity (Wildman–Crippen MR) is 109 cm³/mol. The van der Waals surface area contributed by atoms with E-state index in [1.807, 2.05) is 30.0 Å². The molecule has 1 aliphatic heterocycles. The molecule has 1 aliphatic rings. The van der Waals surface area contributed by atoms with Gasteiger partial charge in [0.1, 0.15) is 11.4 Å². The Hall–Kier alpha value is -3.41. The number of amides is 1. The van der Waals surface area contributed by atoms with Crippen LogP contribution >= 0.6 is 0 Å². The van der Waals surface area contributed by atoms with Crippen molar-refractivity contribution in [2.75, 3.05) is 6.54 Å². The lowest BCUT2D eigenvalue weighted by atomic mass is 9.90. The summed E-state index contributed by atoms with van der Waals surface area (Å²) in [5.74, 6) is 0.0290. The standard InChI is InChI=1S/C23H22N4O2/c1-14-7-3-4-8-16(14)23-22-18(17-9-5-6-10-19(17)24-22)11-12-27(23)21(28)13-20-15(2)25-29-26-20/h3-10,23-24H,11-13H2,1-2H3. The summed E-state index contributed by atoms with van der Waals surface area (Å²) in [5, 5.41) is 8.95. The van der Waals surface area contributed by atoms with E-state index in [4.69, 9.17) is 4.63 Å². The summed E-state index contributed by atoms with van der Waals surface area (Å²) in [5.41, 5.74) is 7.09. The van der Waals surface area contributed by atoms with Gasteiger partial charge in [0.05, 0.1) is 12.5 Å². The van der Waals surface area contributed by atoms with E-state index < -0.39 is 0 Å². The molecule has 0 fully saturated rings. The summed E-state index contributed by atoms with van der Waals surface area (Å²) in [6.07, 6.45) is 1.01. The van der Waals surface area contributed by atoms with Gasteiger partial charge in [0.25, 0.3) is 0 Å². The van der Waals surface area contributed by atoms with Crippen LogP contribution in [-0.2, 0) is 17.6 Å². The first-order chi connectivity index (χ1) is 14.1. The Morgan fingerprint density at radius 3 is 2.72 bits per heavy atom. The van der Waals surface area contributed by atoms with Gasteiger partial charge in [0, 0.05) is 23.1 Å². The fraction of sp³-hybridized carbons (Fsp3) is 0.261. The van der Waals surface area contributed by atoms with Gasteiger partial charge in [-0.15, -0.1) is 0 Å². The minimum absolute atomic E-state index is 0.0290. The molecule has 3 heterocycles. The van der Waals surface area contributed by atoms with Crippen LogP contribution < -0.4 is 0 Å². The molecule has 0 saturated carbocycles. The third-order valence-corrected chi connectivity index (χ3v) is 5.90. The smallest absolute Gasteiger partial charge is 0.229 e. The number of aryl methyl sites for hydroxylation is 2. The fourth-order valence-electron chi connectivity index (χ4n) is 4.38. The number of carbonyl (C=O) groups excluding carboxylic acids is 1. The largest absolute Gasteiger partial charge is 0.356 e. The van der Waals surface area contributed by atoms with E-state index in [0.717, 1.165) is 23.2 Å². The zero-order chi connectivity index (χ0) is 20.0. The van der Waals surface area contributed by atoms with Crippen LogP contribution in [0.15, 0.2) is 53.2 Å². The predicted octanol–water partition coefficient (Wildman–Crippen LogP) is 3.88. The van der Waals surface area contributed by atoms with Crippen LogP contribution in [0.5, 0.6) is 0 Å². The fourth-order valence-corrected chi connectivity index (χ4v) is 4.38. The molecule has 6 nitrogen and oxygen atoms in total. The summed E-state index contributed by atoms with van der Waals surface area (Å²) in [4.78, 5) is 18.9. The molecule has 1 atom stereocenters. The molecule has 146 valence electrons. The Kier molecular flexibility index (Phi) is 4.19. The number of para-hydroxylation sites is 1. The van der Waals surface area contributed by atoms with E-state index in [2.05, 4.69) is 52.6 Å². The summed E-state index contributed by atoms with van der Waals surface area (Å²) in [6, 6.07) is 16.5. The highest BCUT2D eigenvalue weighted by Crippen LogP contribution is 2.39. The highest BCUT2D eigenvalue weighted by Gasteiger charge is 2.35. The Bertz CT molecular complexity index is 1210. The van der Waals surface area contributed by atoms with Crippen LogP contribution in [0.25, 0.3) is 10.9 Å². The third-order valence-electron chi connectivity index (χ3n) is 5.90. The van der Waals surface area contributed by atoms with Gasteiger partial charge < -0.3 is 9.88 Å². The number of nitrogens with one attached hydrogen (secondary N) is 1. The van der Waals surface area contributed by atoms with E-state index in [-0.39, 0.29) is 18.4 Å². The maximum absolute atomic E-state index is 13.3. The maximum atomic E-state index is 13.3. The number of fused-ring (bicyclic) bond motifs is 3. The van der Waals surface area contributed by atoms with Gasteiger partial charge in [0.15, 0.2) is 0 Å². The van der Waals surface area contributed by atoms with Crippen molar-refractivity contribution in [3.05, 3.63) is 82.3 Å². The van der Waals surface area contributed by atoms with E-state index in [1.165, 1.54) is 16.5 Å². The van der Waals surface area contributed by atoms with Crippen LogP contribution in [0.1, 0.15) is 39.8 Å². The van der Waals surface area contributed by atoms with Crippen molar-refractivity contribution in [1.29, 1.82) is 0 Å². The zero-order valence-corrected chi connectivity index (χ0v) is 16.5. The van der Waals surface area contributed by atoms with Gasteiger partial charge in [-0.1, -0.05) is 52.8 Å². The molecule has 0 spiro atoms. The van der Waals surface area contributed by atoms with Crippen molar-refractivity contribution in [3.8, 4) is 0 Å². The van der Waals surface area contributed by atoms with Crippen LogP contribution in [-0.4, -0.2) is 32.6 Å². The molecule has 0 aliphatic carbocycles. The molecule has 29 heavy (non-hydrogen) atoms. The molecular weight excluding hydrogens is 364 g/mol. The number of benzene rings is 2. The molecule has 2 aromatic heterocycles. The molecule has 4 aromatic rings. The van der Waals surface area contributed by atoms with Gasteiger partial charge >= 0.3 is 0 Å². The number of hydrogen-bond donors (Lipinski definition) is 1. The monoisotopic (exact) mass is 386 g/mol. The molecule has 1 N–H and O–H groups in total. The van der Waals surface area contributed by atoms with Crippen molar-refractivity contribution in [2.45, 2.75) is 32.7 Å². The maximum Gasteiger partial charge on any atom is 0.229 e. The van der Waals surface area contributed by atoms with Crippen molar-refractivity contribution >= 4 is 16.8 Å². The molecule has 2 aromatic carbocycles. The number of carbonyl (C=O) groups is 1. The van der Waals surface area contributed by atoms with Crippen molar-refractivity contribution in [1.82, 2.24) is 20.2 Å². The summed E-state index contributed by atoms with van der Waals surface area (Å²) >= 11 is 0. The van der Waals surface area contributed by atoms with E-state index in [0.29, 0.717) is 17.9 Å². The number of hydrogen-bond acceptors (Lipinski definition) is 4. The SMILES string of the molecule is Cc1ccccc1C1c2[nH]c3ccccc3c2CCN1C(=O)Cc1nonc1C. The summed E-state index contributed by atoms with van der Waals surface area (Å²) in [6.45, 7) is 4.57. The lowest BCUT2D eigenvalue weighted by Crippen LogP contribution is -2.41. The summed E-state index contributed by atoms with van der Waals surface area (Å²) < 4.78 is 4.78. The first kappa shape index (κ1) is 17.7. The number of aromatic nitrogens is 3. The molecule has 1 amide bonds. The minimum atomic E-state index is -0.153. The van der Waals surface area contributed by atoms with E-state index in [1.54, 1.807) is 0 Å². The Labute approximate surface area is 168 Å². The van der Waals surface area contributed by atoms with Crippen molar-refractivity contribution in [3.63, 3.8) is 0 Å². The molecule has 0 radical (unpaired) electrons. The first-order valence-corrected chi connectivity index (χ1v) is 9.86. The van der Waals surface area contributed by atoms with Crippen LogP contribution in [0.4, 0.5) is 0 Å². The normalized spacial score (nSPS) is 16.2. The lowest BCUT2D eigenvalue weighted by molar-refractivity contribution is -0.132. The highest BCUT2D eigenvalue weighted by molar-refractivity contribution is 5.87. The van der Waals surface area contributed by atoms with Crippen LogP contribution in [0.3, 0.4) is 0 Å². The third kappa shape index (κ3) is 2.92. The number of nitrogens with zero attached hydrogens (tertiary/aromatic N) is 3. The highest BCUT2D eigenvalue weighted by atomic mass is 16.6.